The van der Waals surface area contributed by atoms with Crippen LogP contribution in [0, 0.1) is 5.92 Å². The van der Waals surface area contributed by atoms with Gasteiger partial charge in [-0.3, -0.25) is 9.36 Å². The summed E-state index contributed by atoms with van der Waals surface area (Å²) in [7, 11) is 0. The third kappa shape index (κ3) is 3.41. The quantitative estimate of drug-likeness (QED) is 0.508. The molecule has 1 fully saturated rings. The van der Waals surface area contributed by atoms with Crippen molar-refractivity contribution in [3.63, 3.8) is 0 Å². The Kier molecular flexibility index (Phi) is 4.86. The molecule has 0 spiro atoms. The van der Waals surface area contributed by atoms with E-state index in [0.29, 0.717) is 12.0 Å². The highest BCUT2D eigenvalue weighted by Crippen LogP contribution is 2.30. The van der Waals surface area contributed by atoms with Crippen molar-refractivity contribution in [1.29, 1.82) is 0 Å². The number of fused-ring (bicyclic) bond motifs is 1. The number of hydrogen-bond donors (Lipinski definition) is 1. The maximum Gasteiger partial charge on any atom is 0.0999 e. The van der Waals surface area contributed by atoms with Crippen LogP contribution < -0.4 is 0 Å². The highest BCUT2D eigenvalue weighted by atomic mass is 16.3. The second-order valence-electron chi connectivity index (χ2n) is 8.26. The van der Waals surface area contributed by atoms with Crippen LogP contribution in [0.3, 0.4) is 0 Å². The van der Waals surface area contributed by atoms with Crippen molar-refractivity contribution in [2.45, 2.75) is 58.2 Å². The van der Waals surface area contributed by atoms with Crippen LogP contribution in [0.15, 0.2) is 43.2 Å². The van der Waals surface area contributed by atoms with Gasteiger partial charge in [0.25, 0.3) is 0 Å². The monoisotopic (exact) mass is 405 g/mol. The summed E-state index contributed by atoms with van der Waals surface area (Å²) in [4.78, 5) is 4.97. The summed E-state index contributed by atoms with van der Waals surface area (Å²) in [5.74, 6) is 0.501. The van der Waals surface area contributed by atoms with Crippen molar-refractivity contribution in [3.8, 4) is 22.5 Å². The second kappa shape index (κ2) is 7.68. The normalized spacial score (nSPS) is 18.9. The SMILES string of the molecule is CCC(CC)n1cc(-c2nc(-c3cnn(C[C@H]4C[C@H](O)C4)c3)cn3nccc23)cn1. The Morgan fingerprint density at radius 3 is 2.60 bits per heavy atom. The fourth-order valence-electron chi connectivity index (χ4n) is 4.31. The minimum absolute atomic E-state index is 0.141. The lowest BCUT2D eigenvalue weighted by Gasteiger charge is -2.31. The minimum Gasteiger partial charge on any atom is -0.393 e. The van der Waals surface area contributed by atoms with Gasteiger partial charge in [0.1, 0.15) is 0 Å². The number of aliphatic hydroxyl groups excluding tert-OH is 1. The fourth-order valence-corrected chi connectivity index (χ4v) is 4.31. The standard InChI is InChI=1S/C22H27N7O/c1-3-18(4-2)28-13-17(10-25-28)22-21-5-6-23-29(21)14-20(26-22)16-9-24-27(12-16)11-15-7-19(30)8-15/h5-6,9-10,12-15,18-19,30H,3-4,7-8,11H2,1-2H3/t15-,19-. The maximum absolute atomic E-state index is 9.51. The van der Waals surface area contributed by atoms with Gasteiger partial charge in [-0.2, -0.15) is 15.3 Å². The molecule has 8 heteroatoms. The van der Waals surface area contributed by atoms with Gasteiger partial charge < -0.3 is 5.11 Å². The van der Waals surface area contributed by atoms with Crippen LogP contribution in [-0.4, -0.2) is 45.4 Å². The van der Waals surface area contributed by atoms with Crippen molar-refractivity contribution in [1.82, 2.24) is 34.2 Å². The van der Waals surface area contributed by atoms with Gasteiger partial charge in [-0.25, -0.2) is 9.50 Å². The van der Waals surface area contributed by atoms with Gasteiger partial charge in [0.2, 0.25) is 0 Å². The van der Waals surface area contributed by atoms with Gasteiger partial charge in [-0.15, -0.1) is 0 Å². The van der Waals surface area contributed by atoms with Crippen molar-refractivity contribution < 1.29 is 5.11 Å². The summed E-state index contributed by atoms with van der Waals surface area (Å²) < 4.78 is 5.86. The first-order valence-corrected chi connectivity index (χ1v) is 10.7. The van der Waals surface area contributed by atoms with Gasteiger partial charge in [0.05, 0.1) is 53.8 Å². The molecule has 0 bridgehead atoms. The predicted molar refractivity (Wildman–Crippen MR) is 114 cm³/mol. The number of rotatable bonds is 7. The zero-order valence-electron chi connectivity index (χ0n) is 17.4. The molecule has 0 unspecified atom stereocenters. The van der Waals surface area contributed by atoms with Crippen molar-refractivity contribution in [3.05, 3.63) is 43.2 Å². The summed E-state index contributed by atoms with van der Waals surface area (Å²) >= 11 is 0. The smallest absolute Gasteiger partial charge is 0.0999 e. The summed E-state index contributed by atoms with van der Waals surface area (Å²) in [5, 5.41) is 23.1. The van der Waals surface area contributed by atoms with Crippen LogP contribution in [0.25, 0.3) is 28.0 Å². The molecule has 30 heavy (non-hydrogen) atoms. The Morgan fingerprint density at radius 2 is 1.83 bits per heavy atom. The zero-order valence-corrected chi connectivity index (χ0v) is 17.4. The molecule has 0 saturated heterocycles. The molecule has 0 aliphatic heterocycles. The first kappa shape index (κ1) is 19.0. The maximum atomic E-state index is 9.51. The minimum atomic E-state index is -0.141. The lowest BCUT2D eigenvalue weighted by atomic mass is 9.82. The average molecular weight is 406 g/mol. The molecule has 156 valence electrons. The number of aromatic nitrogens is 7. The van der Waals surface area contributed by atoms with Gasteiger partial charge in [-0.1, -0.05) is 13.8 Å². The highest BCUT2D eigenvalue weighted by molar-refractivity contribution is 5.78. The lowest BCUT2D eigenvalue weighted by molar-refractivity contribution is 0.0337. The summed E-state index contributed by atoms with van der Waals surface area (Å²) in [6.45, 7) is 5.20. The summed E-state index contributed by atoms with van der Waals surface area (Å²) in [6, 6.07) is 2.37. The van der Waals surface area contributed by atoms with Crippen LogP contribution in [-0.2, 0) is 6.54 Å². The molecule has 0 aromatic carbocycles. The third-order valence-electron chi connectivity index (χ3n) is 6.17. The molecule has 1 N–H and O–H groups in total. The van der Waals surface area contributed by atoms with E-state index in [-0.39, 0.29) is 6.10 Å². The lowest BCUT2D eigenvalue weighted by Crippen LogP contribution is -2.31. The third-order valence-corrected chi connectivity index (χ3v) is 6.17. The van der Waals surface area contributed by atoms with E-state index in [2.05, 4.69) is 35.3 Å². The van der Waals surface area contributed by atoms with E-state index in [0.717, 1.165) is 60.3 Å². The molecule has 8 nitrogen and oxygen atoms in total. The van der Waals surface area contributed by atoms with Gasteiger partial charge in [-0.05, 0) is 37.7 Å². The Bertz CT molecular complexity index is 1150. The fraction of sp³-hybridized carbons (Fsp3) is 0.455. The molecule has 4 heterocycles. The largest absolute Gasteiger partial charge is 0.393 e. The Labute approximate surface area is 175 Å². The molecule has 0 radical (unpaired) electrons. The van der Waals surface area contributed by atoms with Crippen LogP contribution in [0.5, 0.6) is 0 Å². The van der Waals surface area contributed by atoms with Gasteiger partial charge >= 0.3 is 0 Å². The Morgan fingerprint density at radius 1 is 1.03 bits per heavy atom. The van der Waals surface area contributed by atoms with E-state index in [4.69, 9.17) is 4.98 Å². The van der Waals surface area contributed by atoms with E-state index in [1.54, 1.807) is 6.20 Å². The topological polar surface area (TPSA) is 86.1 Å². The van der Waals surface area contributed by atoms with Crippen LogP contribution >= 0.6 is 0 Å². The van der Waals surface area contributed by atoms with Gasteiger partial charge in [0, 0.05) is 30.1 Å². The summed E-state index contributed by atoms with van der Waals surface area (Å²) in [5.41, 5.74) is 4.61. The number of hydrogen-bond acceptors (Lipinski definition) is 5. The van der Waals surface area contributed by atoms with Crippen LogP contribution in [0.2, 0.25) is 0 Å². The van der Waals surface area contributed by atoms with E-state index >= 15 is 0 Å². The Balaban J connectivity index is 1.49. The van der Waals surface area contributed by atoms with E-state index in [1.807, 2.05) is 44.7 Å². The molecule has 4 aromatic rings. The molecular formula is C22H27N7O. The zero-order chi connectivity index (χ0) is 20.7. The van der Waals surface area contributed by atoms with Gasteiger partial charge in [0.15, 0.2) is 0 Å². The first-order chi connectivity index (χ1) is 14.6. The predicted octanol–water partition coefficient (Wildman–Crippen LogP) is 3.59. The number of aliphatic hydroxyl groups is 1. The van der Waals surface area contributed by atoms with Crippen molar-refractivity contribution in [2.75, 3.05) is 0 Å². The van der Waals surface area contributed by atoms with Crippen LogP contribution in [0.4, 0.5) is 0 Å². The Hall–Kier alpha value is -3.00. The summed E-state index contributed by atoms with van der Waals surface area (Å²) in [6.07, 6.45) is 15.3. The molecular weight excluding hydrogens is 378 g/mol. The highest BCUT2D eigenvalue weighted by Gasteiger charge is 2.27. The molecule has 1 aliphatic rings. The average Bonchev–Trinajstić information content (AvgIpc) is 3.47. The molecule has 0 atom stereocenters. The van der Waals surface area contributed by atoms with Crippen molar-refractivity contribution in [2.24, 2.45) is 5.92 Å². The molecule has 1 aliphatic carbocycles. The van der Waals surface area contributed by atoms with Crippen molar-refractivity contribution >= 4 is 5.52 Å². The second-order valence-corrected chi connectivity index (χ2v) is 8.26. The van der Waals surface area contributed by atoms with E-state index in [9.17, 15) is 5.11 Å². The van der Waals surface area contributed by atoms with E-state index in [1.165, 1.54) is 0 Å². The molecule has 1 saturated carbocycles. The van der Waals surface area contributed by atoms with Crippen LogP contribution in [0.1, 0.15) is 45.6 Å². The van der Waals surface area contributed by atoms with E-state index < -0.39 is 0 Å². The first-order valence-electron chi connectivity index (χ1n) is 10.7. The molecule has 0 amide bonds. The number of nitrogens with zero attached hydrogens (tertiary/aromatic N) is 7. The molecule has 5 rings (SSSR count). The molecule has 4 aromatic heterocycles.